The van der Waals surface area contributed by atoms with E-state index in [0.717, 1.165) is 44.7 Å². The molecular weight excluding hydrogens is 384 g/mol. The van der Waals surface area contributed by atoms with E-state index in [2.05, 4.69) is 30.4 Å². The topological polar surface area (TPSA) is 51.2 Å². The Morgan fingerprint density at radius 2 is 1.61 bits per heavy atom. The number of aromatic nitrogens is 1. The second-order valence-electron chi connectivity index (χ2n) is 7.81. The number of hydrogen-bond acceptors (Lipinski definition) is 3. The van der Waals surface area contributed by atoms with Crippen molar-refractivity contribution < 1.29 is 9.53 Å². The number of fused-ring (bicyclic) bond motifs is 1. The van der Waals surface area contributed by atoms with Crippen molar-refractivity contribution in [1.82, 2.24) is 4.98 Å². The molecule has 0 atom stereocenters. The van der Waals surface area contributed by atoms with Crippen molar-refractivity contribution in [3.63, 3.8) is 0 Å². The lowest BCUT2D eigenvalue weighted by molar-refractivity contribution is 0.102. The fourth-order valence-corrected chi connectivity index (χ4v) is 3.74. The average Bonchev–Trinajstić information content (AvgIpc) is 2.75. The third-order valence-electron chi connectivity index (χ3n) is 5.26. The van der Waals surface area contributed by atoms with E-state index in [9.17, 15) is 4.79 Å². The molecule has 0 bridgehead atoms. The Morgan fingerprint density at radius 3 is 2.29 bits per heavy atom. The number of pyridine rings is 1. The van der Waals surface area contributed by atoms with Crippen molar-refractivity contribution in [2.75, 3.05) is 11.9 Å². The molecule has 0 aliphatic carbocycles. The molecule has 31 heavy (non-hydrogen) atoms. The third-order valence-corrected chi connectivity index (χ3v) is 5.26. The van der Waals surface area contributed by atoms with Gasteiger partial charge < -0.3 is 10.1 Å². The summed E-state index contributed by atoms with van der Waals surface area (Å²) < 4.78 is 5.49. The number of benzene rings is 3. The molecule has 1 aromatic heterocycles. The van der Waals surface area contributed by atoms with Gasteiger partial charge in [-0.15, -0.1) is 0 Å². The lowest BCUT2D eigenvalue weighted by Gasteiger charge is -2.13. The standard InChI is InChI=1S/C27H26N2O2/c1-5-31-22-12-10-21(11-13-22)28-27(30)24-16-25(20-8-6-17(2)7-9-20)29-26-19(4)14-18(3)15-23(24)26/h6-16H,5H2,1-4H3,(H,28,30). The molecule has 0 spiro atoms. The number of hydrogen-bond donors (Lipinski definition) is 1. The Hall–Kier alpha value is -3.66. The summed E-state index contributed by atoms with van der Waals surface area (Å²) in [6.07, 6.45) is 0. The Labute approximate surface area is 182 Å². The summed E-state index contributed by atoms with van der Waals surface area (Å²) in [5, 5.41) is 3.88. The molecule has 0 radical (unpaired) electrons. The highest BCUT2D eigenvalue weighted by Gasteiger charge is 2.16. The minimum absolute atomic E-state index is 0.157. The first-order valence-electron chi connectivity index (χ1n) is 10.5. The van der Waals surface area contributed by atoms with Gasteiger partial charge in [0.25, 0.3) is 5.91 Å². The molecule has 0 aliphatic heterocycles. The first-order valence-corrected chi connectivity index (χ1v) is 10.5. The summed E-state index contributed by atoms with van der Waals surface area (Å²) in [6, 6.07) is 21.6. The van der Waals surface area contributed by atoms with Crippen LogP contribution in [0, 0.1) is 20.8 Å². The van der Waals surface area contributed by atoms with Crippen LogP contribution in [0.15, 0.2) is 66.7 Å². The number of carbonyl (C=O) groups excluding carboxylic acids is 1. The van der Waals surface area contributed by atoms with E-state index in [1.807, 2.05) is 69.3 Å². The monoisotopic (exact) mass is 410 g/mol. The molecule has 4 nitrogen and oxygen atoms in total. The minimum atomic E-state index is -0.157. The number of rotatable bonds is 5. The van der Waals surface area contributed by atoms with E-state index in [1.54, 1.807) is 0 Å². The second kappa shape index (κ2) is 8.60. The van der Waals surface area contributed by atoms with Crippen molar-refractivity contribution >= 4 is 22.5 Å². The quantitative estimate of drug-likeness (QED) is 0.410. The van der Waals surface area contributed by atoms with Gasteiger partial charge in [0.05, 0.1) is 23.4 Å². The van der Waals surface area contributed by atoms with Crippen LogP contribution in [-0.4, -0.2) is 17.5 Å². The second-order valence-corrected chi connectivity index (χ2v) is 7.81. The van der Waals surface area contributed by atoms with Crippen molar-refractivity contribution in [2.24, 2.45) is 0 Å². The van der Waals surface area contributed by atoms with Crippen molar-refractivity contribution in [1.29, 1.82) is 0 Å². The molecule has 4 rings (SSSR count). The molecule has 156 valence electrons. The Kier molecular flexibility index (Phi) is 5.72. The Balaban J connectivity index is 1.78. The average molecular weight is 411 g/mol. The Bertz CT molecular complexity index is 1240. The largest absolute Gasteiger partial charge is 0.494 e. The van der Waals surface area contributed by atoms with Gasteiger partial charge in [-0.25, -0.2) is 4.98 Å². The normalized spacial score (nSPS) is 10.8. The van der Waals surface area contributed by atoms with Crippen LogP contribution >= 0.6 is 0 Å². The molecule has 1 amide bonds. The maximum Gasteiger partial charge on any atom is 0.256 e. The van der Waals surface area contributed by atoms with Crippen molar-refractivity contribution in [2.45, 2.75) is 27.7 Å². The van der Waals surface area contributed by atoms with Crippen LogP contribution in [0.2, 0.25) is 0 Å². The Morgan fingerprint density at radius 1 is 0.903 bits per heavy atom. The van der Waals surface area contributed by atoms with Gasteiger partial charge in [-0.2, -0.15) is 0 Å². The van der Waals surface area contributed by atoms with Gasteiger partial charge in [-0.1, -0.05) is 41.5 Å². The lowest BCUT2D eigenvalue weighted by atomic mass is 9.99. The number of aryl methyl sites for hydroxylation is 3. The third kappa shape index (κ3) is 4.43. The zero-order valence-electron chi connectivity index (χ0n) is 18.3. The van der Waals surface area contributed by atoms with Crippen LogP contribution in [0.5, 0.6) is 5.75 Å². The van der Waals surface area contributed by atoms with Crippen molar-refractivity contribution in [3.8, 4) is 17.0 Å². The molecule has 0 saturated heterocycles. The summed E-state index contributed by atoms with van der Waals surface area (Å²) >= 11 is 0. The smallest absolute Gasteiger partial charge is 0.256 e. The summed E-state index contributed by atoms with van der Waals surface area (Å²) in [5.74, 6) is 0.623. The molecule has 0 aliphatic rings. The van der Waals surface area contributed by atoms with Crippen LogP contribution in [0.25, 0.3) is 22.2 Å². The summed E-state index contributed by atoms with van der Waals surface area (Å²) in [6.45, 7) is 8.68. The van der Waals surface area contributed by atoms with Gasteiger partial charge in [0.2, 0.25) is 0 Å². The van der Waals surface area contributed by atoms with Crippen LogP contribution in [-0.2, 0) is 0 Å². The number of amides is 1. The van der Waals surface area contributed by atoms with Gasteiger partial charge >= 0.3 is 0 Å². The van der Waals surface area contributed by atoms with Crippen LogP contribution in [0.1, 0.15) is 34.0 Å². The zero-order chi connectivity index (χ0) is 22.0. The molecule has 0 saturated carbocycles. The van der Waals surface area contributed by atoms with E-state index in [0.29, 0.717) is 12.2 Å². The van der Waals surface area contributed by atoms with Gasteiger partial charge in [0.15, 0.2) is 0 Å². The lowest BCUT2D eigenvalue weighted by Crippen LogP contribution is -2.13. The SMILES string of the molecule is CCOc1ccc(NC(=O)c2cc(-c3ccc(C)cc3)nc3c(C)cc(C)cc23)cc1. The van der Waals surface area contributed by atoms with E-state index in [4.69, 9.17) is 9.72 Å². The van der Waals surface area contributed by atoms with Gasteiger partial charge in [-0.3, -0.25) is 4.79 Å². The maximum atomic E-state index is 13.3. The van der Waals surface area contributed by atoms with E-state index in [-0.39, 0.29) is 5.91 Å². The first kappa shape index (κ1) is 20.6. The molecular formula is C27H26N2O2. The van der Waals surface area contributed by atoms with Crippen molar-refractivity contribution in [3.05, 3.63) is 89.0 Å². The predicted molar refractivity (Wildman–Crippen MR) is 127 cm³/mol. The number of nitrogens with zero attached hydrogens (tertiary/aromatic N) is 1. The molecule has 0 fully saturated rings. The van der Waals surface area contributed by atoms with Gasteiger partial charge in [0, 0.05) is 16.6 Å². The minimum Gasteiger partial charge on any atom is -0.494 e. The van der Waals surface area contributed by atoms with Crippen LogP contribution in [0.4, 0.5) is 5.69 Å². The fourth-order valence-electron chi connectivity index (χ4n) is 3.74. The predicted octanol–water partition coefficient (Wildman–Crippen LogP) is 6.48. The van der Waals surface area contributed by atoms with Crippen LogP contribution in [0.3, 0.4) is 0 Å². The summed E-state index contributed by atoms with van der Waals surface area (Å²) in [5.41, 5.74) is 7.30. The first-order chi connectivity index (χ1) is 14.9. The highest BCUT2D eigenvalue weighted by atomic mass is 16.5. The fraction of sp³-hybridized carbons (Fsp3) is 0.185. The number of nitrogens with one attached hydrogen (secondary N) is 1. The zero-order valence-corrected chi connectivity index (χ0v) is 18.3. The molecule has 4 heteroatoms. The summed E-state index contributed by atoms with van der Waals surface area (Å²) in [4.78, 5) is 18.2. The summed E-state index contributed by atoms with van der Waals surface area (Å²) in [7, 11) is 0. The van der Waals surface area contributed by atoms with Gasteiger partial charge in [0.1, 0.15) is 5.75 Å². The van der Waals surface area contributed by atoms with E-state index < -0.39 is 0 Å². The highest BCUT2D eigenvalue weighted by Crippen LogP contribution is 2.29. The molecule has 0 unspecified atom stereocenters. The highest BCUT2D eigenvalue weighted by molar-refractivity contribution is 6.13. The molecule has 1 heterocycles. The number of carbonyl (C=O) groups is 1. The van der Waals surface area contributed by atoms with E-state index >= 15 is 0 Å². The molecule has 3 aromatic carbocycles. The number of ether oxygens (including phenoxy) is 1. The molecule has 1 N–H and O–H groups in total. The number of anilines is 1. The van der Waals surface area contributed by atoms with Crippen LogP contribution < -0.4 is 10.1 Å². The molecule has 4 aromatic rings. The maximum absolute atomic E-state index is 13.3. The van der Waals surface area contributed by atoms with Gasteiger partial charge in [-0.05, 0) is 69.7 Å². The van der Waals surface area contributed by atoms with E-state index in [1.165, 1.54) is 5.56 Å².